The lowest BCUT2D eigenvalue weighted by molar-refractivity contribution is -0.584. The Morgan fingerprint density at radius 3 is 1.31 bits per heavy atom. The van der Waals surface area contributed by atoms with E-state index < -0.39 is 11.6 Å². The van der Waals surface area contributed by atoms with Crippen LogP contribution in [0.2, 0.25) is 0 Å². The van der Waals surface area contributed by atoms with Gasteiger partial charge in [0.05, 0.1) is 0 Å². The zero-order valence-corrected chi connectivity index (χ0v) is 16.8. The molecule has 0 radical (unpaired) electrons. The molecule has 8 atom stereocenters. The maximum Gasteiger partial charge on any atom is 0.237 e. The summed E-state index contributed by atoms with van der Waals surface area (Å²) in [5, 5.41) is 19.4. The van der Waals surface area contributed by atoms with Crippen molar-refractivity contribution in [2.24, 2.45) is 46.3 Å². The van der Waals surface area contributed by atoms with Crippen LogP contribution in [-0.4, -0.2) is 22.1 Å². The Morgan fingerprint density at radius 1 is 0.731 bits per heavy atom. The fourth-order valence-electron chi connectivity index (χ4n) is 6.66. The average Bonchev–Trinajstić information content (AvgIpc) is 3.48. The SMILES string of the molecule is CC(C)[C@@]12CC1[C@@H](C)C(OO)(OOC1(OO)C[C@]3(C(C)C)CC3[C@@H]1C)C2. The summed E-state index contributed by atoms with van der Waals surface area (Å²) in [7, 11) is 0. The van der Waals surface area contributed by atoms with Crippen molar-refractivity contribution >= 4 is 0 Å². The Bertz CT molecular complexity index is 531. The summed E-state index contributed by atoms with van der Waals surface area (Å²) in [4.78, 5) is 21.4. The lowest BCUT2D eigenvalue weighted by Gasteiger charge is -2.38. The second kappa shape index (κ2) is 5.65. The van der Waals surface area contributed by atoms with Gasteiger partial charge < -0.3 is 0 Å². The number of hydrogen-bond acceptors (Lipinski definition) is 6. The Hall–Kier alpha value is -0.240. The van der Waals surface area contributed by atoms with Gasteiger partial charge >= 0.3 is 0 Å². The van der Waals surface area contributed by atoms with Gasteiger partial charge in [0.15, 0.2) is 0 Å². The van der Waals surface area contributed by atoms with Crippen molar-refractivity contribution < 1.29 is 30.1 Å². The first-order valence-corrected chi connectivity index (χ1v) is 10.1. The molecule has 6 heteroatoms. The first-order chi connectivity index (χ1) is 12.1. The lowest BCUT2D eigenvalue weighted by atomic mass is 9.88. The van der Waals surface area contributed by atoms with Gasteiger partial charge in [-0.2, -0.15) is 9.78 Å². The quantitative estimate of drug-likeness (QED) is 0.384. The van der Waals surface area contributed by atoms with Crippen LogP contribution < -0.4 is 0 Å². The maximum atomic E-state index is 9.71. The molecule has 4 rings (SSSR count). The summed E-state index contributed by atoms with van der Waals surface area (Å²) < 4.78 is 0. The Kier molecular flexibility index (Phi) is 4.15. The molecule has 0 spiro atoms. The summed E-state index contributed by atoms with van der Waals surface area (Å²) in [5.41, 5.74) is 0.280. The van der Waals surface area contributed by atoms with E-state index in [1.165, 1.54) is 0 Å². The van der Waals surface area contributed by atoms with Crippen LogP contribution >= 0.6 is 0 Å². The number of rotatable bonds is 7. The minimum atomic E-state index is -1.20. The summed E-state index contributed by atoms with van der Waals surface area (Å²) in [5.74, 6) is -0.484. The fraction of sp³-hybridized carbons (Fsp3) is 1.00. The first kappa shape index (κ1) is 19.1. The molecule has 0 aromatic heterocycles. The minimum Gasteiger partial charge on any atom is -0.249 e. The summed E-state index contributed by atoms with van der Waals surface area (Å²) in [6.07, 6.45) is 3.46. The molecule has 4 saturated carbocycles. The molecule has 6 nitrogen and oxygen atoms in total. The summed E-state index contributed by atoms with van der Waals surface area (Å²) >= 11 is 0. The van der Waals surface area contributed by atoms with Crippen molar-refractivity contribution in [3.05, 3.63) is 0 Å². The largest absolute Gasteiger partial charge is 0.249 e. The van der Waals surface area contributed by atoms with Crippen LogP contribution in [0.1, 0.15) is 67.2 Å². The molecule has 0 bridgehead atoms. The Morgan fingerprint density at radius 2 is 1.08 bits per heavy atom. The monoisotopic (exact) mass is 370 g/mol. The van der Waals surface area contributed by atoms with E-state index in [4.69, 9.17) is 19.6 Å². The van der Waals surface area contributed by atoms with Gasteiger partial charge in [-0.1, -0.05) is 41.5 Å². The van der Waals surface area contributed by atoms with E-state index in [1.807, 2.05) is 13.8 Å². The third-order valence-electron chi connectivity index (χ3n) is 9.03. The third kappa shape index (κ3) is 2.20. The molecule has 4 aliphatic rings. The van der Waals surface area contributed by atoms with Gasteiger partial charge in [-0.05, 0) is 47.3 Å². The lowest BCUT2D eigenvalue weighted by Crippen LogP contribution is -2.47. The maximum absolute atomic E-state index is 9.71. The molecular formula is C20H34O6. The Labute approximate surface area is 155 Å². The fourth-order valence-corrected chi connectivity index (χ4v) is 6.66. The third-order valence-corrected chi connectivity index (χ3v) is 9.03. The van der Waals surface area contributed by atoms with E-state index in [0.29, 0.717) is 36.5 Å². The predicted molar refractivity (Wildman–Crippen MR) is 93.4 cm³/mol. The average molecular weight is 370 g/mol. The van der Waals surface area contributed by atoms with Crippen molar-refractivity contribution in [2.75, 3.05) is 0 Å². The highest BCUT2D eigenvalue weighted by Crippen LogP contribution is 2.75. The van der Waals surface area contributed by atoms with E-state index in [1.54, 1.807) is 0 Å². The Balaban J connectivity index is 1.51. The molecule has 0 saturated heterocycles. The van der Waals surface area contributed by atoms with Crippen molar-refractivity contribution in [1.82, 2.24) is 0 Å². The van der Waals surface area contributed by atoms with Gasteiger partial charge in [0.2, 0.25) is 11.6 Å². The van der Waals surface area contributed by atoms with E-state index in [2.05, 4.69) is 27.7 Å². The molecule has 4 unspecified atom stereocenters. The van der Waals surface area contributed by atoms with E-state index in [9.17, 15) is 10.5 Å². The van der Waals surface area contributed by atoms with Gasteiger partial charge in [-0.15, -0.1) is 0 Å². The van der Waals surface area contributed by atoms with Gasteiger partial charge in [-0.3, -0.25) is 0 Å². The molecule has 26 heavy (non-hydrogen) atoms. The van der Waals surface area contributed by atoms with E-state index >= 15 is 0 Å². The molecule has 2 N–H and O–H groups in total. The van der Waals surface area contributed by atoms with E-state index in [0.717, 1.165) is 12.8 Å². The number of hydrogen-bond donors (Lipinski definition) is 2. The highest BCUT2D eigenvalue weighted by Gasteiger charge is 2.75. The molecule has 0 heterocycles. The molecular weight excluding hydrogens is 336 g/mol. The van der Waals surface area contributed by atoms with Crippen LogP contribution in [0.3, 0.4) is 0 Å². The van der Waals surface area contributed by atoms with Gasteiger partial charge in [-0.25, -0.2) is 20.3 Å². The predicted octanol–water partition coefficient (Wildman–Crippen LogP) is 4.71. The highest BCUT2D eigenvalue weighted by atomic mass is 17.3. The molecule has 0 aromatic carbocycles. The second-order valence-electron chi connectivity index (χ2n) is 10.3. The standard InChI is InChI=1S/C20H34O6/c1-11(2)17-7-15(17)13(5)19(9-17,23-21)25-26-20(24-22)10-18(12(3)4)8-16(18)14(20)6/h11-16,21-22H,7-10H2,1-6H3/t13-,14+,15?,16?,17-,18-,19?,20?/m0/s1. The first-order valence-electron chi connectivity index (χ1n) is 10.1. The van der Waals surface area contributed by atoms with Crippen molar-refractivity contribution in [1.29, 1.82) is 0 Å². The van der Waals surface area contributed by atoms with Gasteiger partial charge in [0, 0.05) is 24.7 Å². The molecule has 0 amide bonds. The van der Waals surface area contributed by atoms with Crippen LogP contribution in [0.4, 0.5) is 0 Å². The molecule has 0 aliphatic heterocycles. The smallest absolute Gasteiger partial charge is 0.237 e. The van der Waals surface area contributed by atoms with Crippen LogP contribution in [-0.2, 0) is 19.6 Å². The van der Waals surface area contributed by atoms with Gasteiger partial charge in [0.25, 0.3) is 0 Å². The van der Waals surface area contributed by atoms with Crippen LogP contribution in [0.5, 0.6) is 0 Å². The summed E-state index contributed by atoms with van der Waals surface area (Å²) in [6.45, 7) is 12.9. The molecule has 150 valence electrons. The summed E-state index contributed by atoms with van der Waals surface area (Å²) in [6, 6.07) is 0. The normalized spacial score (nSPS) is 54.7. The van der Waals surface area contributed by atoms with E-state index in [-0.39, 0.29) is 22.7 Å². The second-order valence-corrected chi connectivity index (χ2v) is 10.3. The number of fused-ring (bicyclic) bond motifs is 2. The van der Waals surface area contributed by atoms with Gasteiger partial charge in [0.1, 0.15) is 0 Å². The topological polar surface area (TPSA) is 77.4 Å². The van der Waals surface area contributed by atoms with Crippen molar-refractivity contribution in [2.45, 2.75) is 78.8 Å². The molecule has 4 fully saturated rings. The van der Waals surface area contributed by atoms with Crippen molar-refractivity contribution in [3.8, 4) is 0 Å². The molecule has 0 aromatic rings. The zero-order valence-electron chi connectivity index (χ0n) is 16.8. The highest BCUT2D eigenvalue weighted by molar-refractivity contribution is 5.18. The van der Waals surface area contributed by atoms with Crippen LogP contribution in [0.15, 0.2) is 0 Å². The van der Waals surface area contributed by atoms with Crippen molar-refractivity contribution in [3.63, 3.8) is 0 Å². The minimum absolute atomic E-state index is 0.0101. The van der Waals surface area contributed by atoms with Crippen LogP contribution in [0.25, 0.3) is 0 Å². The molecule has 4 aliphatic carbocycles. The zero-order chi connectivity index (χ0) is 19.1. The van der Waals surface area contributed by atoms with Crippen LogP contribution in [0, 0.1) is 46.3 Å².